The Hall–Kier alpha value is -1.87. The minimum Gasteiger partial charge on any atom is -0.504 e. The molecule has 2 aliphatic heterocycles. The van der Waals surface area contributed by atoms with E-state index >= 15 is 0 Å². The molecule has 2 aliphatic carbocycles. The lowest BCUT2D eigenvalue weighted by Crippen LogP contribution is -2.65. The number of benzene rings is 1. The van der Waals surface area contributed by atoms with Crippen LogP contribution < -0.4 is 4.74 Å². The summed E-state index contributed by atoms with van der Waals surface area (Å²) in [6.45, 7) is 5.89. The fourth-order valence-corrected chi connectivity index (χ4v) is 6.31. The normalized spacial score (nSPS) is 34.4. The van der Waals surface area contributed by atoms with Gasteiger partial charge >= 0.3 is 10.4 Å². The fourth-order valence-electron chi connectivity index (χ4n) is 5.86. The topological polar surface area (TPSA) is 96.3 Å². The monoisotopic (exact) mass is 419 g/mol. The van der Waals surface area contributed by atoms with E-state index in [0.717, 1.165) is 37.1 Å². The second-order valence-electron chi connectivity index (χ2n) is 8.72. The van der Waals surface area contributed by atoms with Gasteiger partial charge in [0.2, 0.25) is 0 Å². The highest BCUT2D eigenvalue weighted by Crippen LogP contribution is 2.62. The summed E-state index contributed by atoms with van der Waals surface area (Å²) < 4.78 is 43.3. The summed E-state index contributed by atoms with van der Waals surface area (Å²) in [5.41, 5.74) is 2.91. The van der Waals surface area contributed by atoms with Crippen LogP contribution in [-0.4, -0.2) is 54.3 Å². The molecule has 0 saturated carbocycles. The lowest BCUT2D eigenvalue weighted by Gasteiger charge is -2.57. The Morgan fingerprint density at radius 2 is 2.17 bits per heavy atom. The molecule has 0 unspecified atom stereocenters. The molecule has 4 aliphatic rings. The lowest BCUT2D eigenvalue weighted by molar-refractivity contribution is -0.0427. The van der Waals surface area contributed by atoms with Gasteiger partial charge in [0, 0.05) is 29.5 Å². The van der Waals surface area contributed by atoms with E-state index < -0.39 is 28.0 Å². The van der Waals surface area contributed by atoms with Crippen LogP contribution >= 0.6 is 0 Å². The number of nitrogens with zero attached hydrogens (tertiary/aromatic N) is 1. The standard InChI is InChI=1S/C21H25NO6S/c1-12(2)7-9-22-10-8-21-14-4-6-17(28-29(24,25)26)20(21)27-19-16(23)5-3-13(18(19)21)11-15(14)22/h3-7,14-15,17,20,23H,8-11H2,1-2H3,(H,24,25,26)/t14-,15+,17-,20-,21-/m0/s1. The molecule has 1 aromatic carbocycles. The summed E-state index contributed by atoms with van der Waals surface area (Å²) in [4.78, 5) is 2.47. The molecule has 0 amide bonds. The van der Waals surface area contributed by atoms with Gasteiger partial charge in [-0.15, -0.1) is 0 Å². The zero-order valence-electron chi connectivity index (χ0n) is 16.4. The minimum absolute atomic E-state index is 0.0577. The fraction of sp³-hybridized carbons (Fsp3) is 0.524. The van der Waals surface area contributed by atoms with Crippen molar-refractivity contribution in [3.8, 4) is 11.5 Å². The number of likely N-dealkylation sites (tertiary alicyclic amines) is 1. The van der Waals surface area contributed by atoms with Crippen molar-refractivity contribution in [2.45, 2.75) is 50.4 Å². The first-order valence-electron chi connectivity index (χ1n) is 9.94. The van der Waals surface area contributed by atoms with Crippen LogP contribution in [0.25, 0.3) is 0 Å². The summed E-state index contributed by atoms with van der Waals surface area (Å²) in [6, 6.07) is 3.84. The first kappa shape index (κ1) is 19.1. The van der Waals surface area contributed by atoms with Crippen molar-refractivity contribution in [2.24, 2.45) is 5.92 Å². The molecular formula is C21H25NO6S. The zero-order chi connectivity index (χ0) is 20.6. The van der Waals surface area contributed by atoms with Gasteiger partial charge in [-0.3, -0.25) is 9.45 Å². The van der Waals surface area contributed by atoms with E-state index in [2.05, 4.69) is 24.8 Å². The van der Waals surface area contributed by atoms with Crippen molar-refractivity contribution < 1.29 is 27.0 Å². The molecule has 7 nitrogen and oxygen atoms in total. The number of ether oxygens (including phenoxy) is 1. The van der Waals surface area contributed by atoms with E-state index in [0.29, 0.717) is 5.75 Å². The van der Waals surface area contributed by atoms with Crippen LogP contribution in [0.4, 0.5) is 0 Å². The Kier molecular flexibility index (Phi) is 4.16. The minimum atomic E-state index is -4.64. The summed E-state index contributed by atoms with van der Waals surface area (Å²) in [5.74, 6) is 0.604. The highest BCUT2D eigenvalue weighted by Gasteiger charge is 2.65. The number of aromatic hydroxyl groups is 1. The van der Waals surface area contributed by atoms with Crippen LogP contribution in [0.5, 0.6) is 11.5 Å². The molecule has 2 bridgehead atoms. The molecule has 2 heterocycles. The molecule has 1 fully saturated rings. The van der Waals surface area contributed by atoms with Crippen LogP contribution in [0.1, 0.15) is 31.4 Å². The lowest BCUT2D eigenvalue weighted by atomic mass is 9.53. The van der Waals surface area contributed by atoms with Crippen molar-refractivity contribution in [1.29, 1.82) is 0 Å². The maximum absolute atomic E-state index is 11.4. The zero-order valence-corrected chi connectivity index (χ0v) is 17.2. The number of phenols is 1. The second kappa shape index (κ2) is 6.31. The number of piperidine rings is 1. The molecule has 0 radical (unpaired) electrons. The van der Waals surface area contributed by atoms with Gasteiger partial charge < -0.3 is 9.84 Å². The highest BCUT2D eigenvalue weighted by molar-refractivity contribution is 7.80. The smallest absolute Gasteiger partial charge is 0.398 e. The van der Waals surface area contributed by atoms with Gasteiger partial charge in [0.1, 0.15) is 12.2 Å². The van der Waals surface area contributed by atoms with Gasteiger partial charge in [-0.1, -0.05) is 29.9 Å². The third-order valence-electron chi connectivity index (χ3n) is 6.93. The summed E-state index contributed by atoms with van der Waals surface area (Å²) in [5, 5.41) is 10.5. The predicted octanol–water partition coefficient (Wildman–Crippen LogP) is 2.36. The Labute approximate surface area is 170 Å². The van der Waals surface area contributed by atoms with Gasteiger partial charge in [0.25, 0.3) is 0 Å². The van der Waals surface area contributed by atoms with E-state index in [9.17, 15) is 18.1 Å². The molecule has 5 rings (SSSR count). The van der Waals surface area contributed by atoms with E-state index in [4.69, 9.17) is 8.92 Å². The molecule has 0 aromatic heterocycles. The molecule has 1 aromatic rings. The van der Waals surface area contributed by atoms with Crippen LogP contribution in [-0.2, 0) is 26.4 Å². The third kappa shape index (κ3) is 2.77. The van der Waals surface area contributed by atoms with Crippen molar-refractivity contribution in [3.63, 3.8) is 0 Å². The van der Waals surface area contributed by atoms with Gasteiger partial charge in [-0.05, 0) is 44.9 Å². The van der Waals surface area contributed by atoms with E-state index in [1.165, 1.54) is 5.57 Å². The Morgan fingerprint density at radius 3 is 2.90 bits per heavy atom. The third-order valence-corrected chi connectivity index (χ3v) is 7.40. The van der Waals surface area contributed by atoms with Gasteiger partial charge in [-0.2, -0.15) is 8.42 Å². The molecule has 5 atom stereocenters. The van der Waals surface area contributed by atoms with Crippen LogP contribution in [0.3, 0.4) is 0 Å². The van der Waals surface area contributed by atoms with Crippen LogP contribution in [0.2, 0.25) is 0 Å². The molecular weight excluding hydrogens is 394 g/mol. The molecule has 29 heavy (non-hydrogen) atoms. The average Bonchev–Trinajstić information content (AvgIpc) is 2.98. The highest BCUT2D eigenvalue weighted by atomic mass is 32.3. The van der Waals surface area contributed by atoms with E-state index in [-0.39, 0.29) is 17.7 Å². The van der Waals surface area contributed by atoms with E-state index in [1.54, 1.807) is 12.1 Å². The molecule has 1 spiro atoms. The van der Waals surface area contributed by atoms with Crippen LogP contribution in [0, 0.1) is 5.92 Å². The quantitative estimate of drug-likeness (QED) is 0.571. The van der Waals surface area contributed by atoms with Crippen molar-refractivity contribution in [2.75, 3.05) is 13.1 Å². The van der Waals surface area contributed by atoms with Gasteiger partial charge in [0.15, 0.2) is 11.5 Å². The second-order valence-corrected chi connectivity index (χ2v) is 9.77. The Bertz CT molecular complexity index is 1030. The summed E-state index contributed by atoms with van der Waals surface area (Å²) in [6.07, 6.45) is 5.99. The largest absolute Gasteiger partial charge is 0.504 e. The maximum Gasteiger partial charge on any atom is 0.398 e. The Balaban J connectivity index is 1.64. The number of allylic oxidation sites excluding steroid dienone is 1. The number of hydrogen-bond acceptors (Lipinski definition) is 6. The number of rotatable bonds is 4. The van der Waals surface area contributed by atoms with Crippen molar-refractivity contribution in [1.82, 2.24) is 4.90 Å². The van der Waals surface area contributed by atoms with E-state index in [1.807, 2.05) is 12.1 Å². The average molecular weight is 419 g/mol. The molecule has 1 saturated heterocycles. The van der Waals surface area contributed by atoms with Gasteiger partial charge in [-0.25, -0.2) is 4.18 Å². The Morgan fingerprint density at radius 1 is 1.38 bits per heavy atom. The molecule has 156 valence electrons. The predicted molar refractivity (Wildman–Crippen MR) is 106 cm³/mol. The van der Waals surface area contributed by atoms with Crippen molar-refractivity contribution >= 4 is 10.4 Å². The number of phenolic OH excluding ortho intramolecular Hbond substituents is 1. The summed E-state index contributed by atoms with van der Waals surface area (Å²) >= 11 is 0. The van der Waals surface area contributed by atoms with Gasteiger partial charge in [0.05, 0.1) is 0 Å². The maximum atomic E-state index is 11.4. The van der Waals surface area contributed by atoms with Crippen molar-refractivity contribution in [3.05, 3.63) is 47.1 Å². The summed E-state index contributed by atoms with van der Waals surface area (Å²) in [7, 11) is -4.64. The molecule has 2 N–H and O–H groups in total. The van der Waals surface area contributed by atoms with Crippen LogP contribution in [0.15, 0.2) is 35.9 Å². The first-order valence-corrected chi connectivity index (χ1v) is 11.3. The first-order chi connectivity index (χ1) is 13.7. The SMILES string of the molecule is CC(C)=CCN1CC[C@]23c4c5ccc(O)c4O[C@H]2[C@@H](OS(=O)(=O)O)C=C[C@H]3[C@H]1C5. The number of hydrogen-bond donors (Lipinski definition) is 2. The molecule has 8 heteroatoms.